The summed E-state index contributed by atoms with van der Waals surface area (Å²) in [5, 5.41) is 0. The fourth-order valence-electron chi connectivity index (χ4n) is 2.36. The van der Waals surface area contributed by atoms with E-state index in [9.17, 15) is 9.59 Å². The number of nitrogens with one attached hydrogen (secondary N) is 2. The normalized spacial score (nSPS) is 10.2. The van der Waals surface area contributed by atoms with Crippen LogP contribution in [0.5, 0.6) is 11.5 Å². The van der Waals surface area contributed by atoms with Gasteiger partial charge in [0.15, 0.2) is 6.61 Å². The average molecular weight is 380 g/mol. The number of aryl methyl sites for hydroxylation is 1. The van der Waals surface area contributed by atoms with E-state index in [1.54, 1.807) is 31.2 Å². The van der Waals surface area contributed by atoms with Crippen molar-refractivity contribution in [1.82, 2.24) is 5.43 Å². The standard InChI is InChI=1S/C21H20N2O5/c1-15-21(19(24)11-12-26-15)28-14-20(25)23-22-17-7-9-18(10-8-17)27-13-16-5-3-2-4-6-16/h2-12,22H,13-14H2,1H3,(H,23,25). The summed E-state index contributed by atoms with van der Waals surface area (Å²) in [6, 6.07) is 18.3. The van der Waals surface area contributed by atoms with Crippen molar-refractivity contribution in [3.8, 4) is 11.5 Å². The molecule has 2 N–H and O–H groups in total. The predicted octanol–water partition coefficient (Wildman–Crippen LogP) is 3.05. The van der Waals surface area contributed by atoms with Gasteiger partial charge in [-0.3, -0.25) is 20.4 Å². The van der Waals surface area contributed by atoms with Gasteiger partial charge in [0.1, 0.15) is 18.1 Å². The molecule has 3 rings (SSSR count). The number of hydrogen-bond donors (Lipinski definition) is 2. The summed E-state index contributed by atoms with van der Waals surface area (Å²) in [4.78, 5) is 23.5. The number of ether oxygens (including phenoxy) is 2. The molecule has 1 aromatic heterocycles. The first-order chi connectivity index (χ1) is 13.6. The van der Waals surface area contributed by atoms with Crippen molar-refractivity contribution >= 4 is 11.6 Å². The summed E-state index contributed by atoms with van der Waals surface area (Å²) in [7, 11) is 0. The summed E-state index contributed by atoms with van der Waals surface area (Å²) in [6.07, 6.45) is 1.28. The van der Waals surface area contributed by atoms with Crippen LogP contribution in [0, 0.1) is 6.92 Å². The minimum atomic E-state index is -0.438. The molecule has 144 valence electrons. The van der Waals surface area contributed by atoms with Crippen LogP contribution >= 0.6 is 0 Å². The highest BCUT2D eigenvalue weighted by molar-refractivity contribution is 5.78. The number of anilines is 1. The lowest BCUT2D eigenvalue weighted by Crippen LogP contribution is -2.34. The van der Waals surface area contributed by atoms with Gasteiger partial charge in [-0.15, -0.1) is 0 Å². The molecule has 2 aromatic carbocycles. The Balaban J connectivity index is 1.44. The molecular formula is C21H20N2O5. The van der Waals surface area contributed by atoms with Crippen molar-refractivity contribution in [2.45, 2.75) is 13.5 Å². The fraction of sp³-hybridized carbons (Fsp3) is 0.143. The molecule has 0 aliphatic carbocycles. The van der Waals surface area contributed by atoms with Gasteiger partial charge in [-0.05, 0) is 36.8 Å². The van der Waals surface area contributed by atoms with E-state index in [1.807, 2.05) is 30.3 Å². The molecular weight excluding hydrogens is 360 g/mol. The van der Waals surface area contributed by atoms with Gasteiger partial charge in [0.25, 0.3) is 5.91 Å². The van der Waals surface area contributed by atoms with E-state index in [1.165, 1.54) is 12.3 Å². The van der Waals surface area contributed by atoms with E-state index in [-0.39, 0.29) is 17.8 Å². The molecule has 0 atom stereocenters. The third kappa shape index (κ3) is 5.38. The Morgan fingerprint density at radius 3 is 2.46 bits per heavy atom. The second kappa shape index (κ2) is 9.27. The Hall–Kier alpha value is -3.74. The summed E-state index contributed by atoms with van der Waals surface area (Å²) < 4.78 is 16.0. The molecule has 0 bridgehead atoms. The molecule has 28 heavy (non-hydrogen) atoms. The van der Waals surface area contributed by atoms with Gasteiger partial charge in [0.05, 0.1) is 12.0 Å². The summed E-state index contributed by atoms with van der Waals surface area (Å²) in [6.45, 7) is 1.75. The van der Waals surface area contributed by atoms with Crippen LogP contribution in [-0.4, -0.2) is 12.5 Å². The van der Waals surface area contributed by atoms with Crippen molar-refractivity contribution in [3.63, 3.8) is 0 Å². The quantitative estimate of drug-likeness (QED) is 0.584. The average Bonchev–Trinajstić information content (AvgIpc) is 2.72. The van der Waals surface area contributed by atoms with E-state index >= 15 is 0 Å². The zero-order chi connectivity index (χ0) is 19.8. The molecule has 1 heterocycles. The van der Waals surface area contributed by atoms with Crippen LogP contribution in [0.1, 0.15) is 11.3 Å². The van der Waals surface area contributed by atoms with Crippen LogP contribution in [0.2, 0.25) is 0 Å². The van der Waals surface area contributed by atoms with Gasteiger partial charge in [-0.25, -0.2) is 0 Å². The highest BCUT2D eigenvalue weighted by Crippen LogP contribution is 2.16. The molecule has 0 saturated heterocycles. The van der Waals surface area contributed by atoms with E-state index < -0.39 is 5.91 Å². The highest BCUT2D eigenvalue weighted by Gasteiger charge is 2.09. The highest BCUT2D eigenvalue weighted by atomic mass is 16.5. The smallest absolute Gasteiger partial charge is 0.276 e. The number of carbonyl (C=O) groups is 1. The Bertz CT molecular complexity index is 968. The maximum Gasteiger partial charge on any atom is 0.276 e. The van der Waals surface area contributed by atoms with Crippen LogP contribution in [0.3, 0.4) is 0 Å². The topological polar surface area (TPSA) is 89.8 Å². The van der Waals surface area contributed by atoms with Crippen LogP contribution < -0.4 is 25.8 Å². The Labute approximate surface area is 161 Å². The third-order valence-corrected chi connectivity index (χ3v) is 3.80. The van der Waals surface area contributed by atoms with Crippen LogP contribution in [0.25, 0.3) is 0 Å². The Morgan fingerprint density at radius 1 is 1.00 bits per heavy atom. The number of carbonyl (C=O) groups excluding carboxylic acids is 1. The largest absolute Gasteiger partial charge is 0.489 e. The first-order valence-corrected chi connectivity index (χ1v) is 8.64. The van der Waals surface area contributed by atoms with Crippen molar-refractivity contribution in [2.75, 3.05) is 12.0 Å². The summed E-state index contributed by atoms with van der Waals surface area (Å²) in [5.41, 5.74) is 6.69. The van der Waals surface area contributed by atoms with Crippen molar-refractivity contribution in [1.29, 1.82) is 0 Å². The number of hydrogen-bond acceptors (Lipinski definition) is 6. The fourth-order valence-corrected chi connectivity index (χ4v) is 2.36. The van der Waals surface area contributed by atoms with Gasteiger partial charge >= 0.3 is 0 Å². The second-order valence-electron chi connectivity index (χ2n) is 5.93. The molecule has 0 unspecified atom stereocenters. The first-order valence-electron chi connectivity index (χ1n) is 8.64. The summed E-state index contributed by atoms with van der Waals surface area (Å²) in [5.74, 6) is 0.624. The monoisotopic (exact) mass is 380 g/mol. The molecule has 0 aliphatic heterocycles. The number of benzene rings is 2. The van der Waals surface area contributed by atoms with Gasteiger partial charge < -0.3 is 13.9 Å². The minimum Gasteiger partial charge on any atom is -0.489 e. The molecule has 0 spiro atoms. The number of amides is 1. The lowest BCUT2D eigenvalue weighted by Gasteiger charge is -2.11. The predicted molar refractivity (Wildman–Crippen MR) is 104 cm³/mol. The lowest BCUT2D eigenvalue weighted by atomic mass is 10.2. The molecule has 0 fully saturated rings. The van der Waals surface area contributed by atoms with Gasteiger partial charge in [0, 0.05) is 6.07 Å². The zero-order valence-corrected chi connectivity index (χ0v) is 15.3. The lowest BCUT2D eigenvalue weighted by molar-refractivity contribution is -0.122. The van der Waals surface area contributed by atoms with E-state index in [2.05, 4.69) is 10.9 Å². The Morgan fingerprint density at radius 2 is 1.75 bits per heavy atom. The van der Waals surface area contributed by atoms with Crippen LogP contribution in [-0.2, 0) is 11.4 Å². The summed E-state index contributed by atoms with van der Waals surface area (Å²) >= 11 is 0. The Kier molecular flexibility index (Phi) is 6.30. The van der Waals surface area contributed by atoms with Crippen LogP contribution in [0.15, 0.2) is 76.1 Å². The van der Waals surface area contributed by atoms with E-state index in [0.29, 0.717) is 18.1 Å². The van der Waals surface area contributed by atoms with Crippen molar-refractivity contribution < 1.29 is 18.7 Å². The number of hydrazine groups is 1. The van der Waals surface area contributed by atoms with Crippen LogP contribution in [0.4, 0.5) is 5.69 Å². The molecule has 0 saturated carbocycles. The van der Waals surface area contributed by atoms with Crippen molar-refractivity contribution in [2.24, 2.45) is 0 Å². The van der Waals surface area contributed by atoms with E-state index in [4.69, 9.17) is 13.9 Å². The van der Waals surface area contributed by atoms with Gasteiger partial charge in [0.2, 0.25) is 11.2 Å². The van der Waals surface area contributed by atoms with Gasteiger partial charge in [-0.2, -0.15) is 0 Å². The maximum atomic E-state index is 11.9. The molecule has 3 aromatic rings. The van der Waals surface area contributed by atoms with Crippen molar-refractivity contribution in [3.05, 3.63) is 88.5 Å². The molecule has 0 radical (unpaired) electrons. The van der Waals surface area contributed by atoms with Gasteiger partial charge in [-0.1, -0.05) is 30.3 Å². The molecule has 0 aliphatic rings. The SMILES string of the molecule is Cc1occc(=O)c1OCC(=O)NNc1ccc(OCc2ccccc2)cc1. The minimum absolute atomic E-state index is 0.0255. The molecule has 1 amide bonds. The molecule has 7 nitrogen and oxygen atoms in total. The first kappa shape index (κ1) is 19.0. The third-order valence-electron chi connectivity index (χ3n) is 3.80. The second-order valence-corrected chi connectivity index (χ2v) is 5.93. The van der Waals surface area contributed by atoms with E-state index in [0.717, 1.165) is 11.3 Å². The molecule has 7 heteroatoms. The zero-order valence-electron chi connectivity index (χ0n) is 15.3. The number of rotatable bonds is 8. The maximum absolute atomic E-state index is 11.9.